The van der Waals surface area contributed by atoms with Crippen LogP contribution in [0.15, 0.2) is 60.9 Å². The number of fused-ring (bicyclic) bond motifs is 3. The number of nitrogens with one attached hydrogen (secondary N) is 1. The van der Waals surface area contributed by atoms with Gasteiger partial charge in [0.1, 0.15) is 5.58 Å². The van der Waals surface area contributed by atoms with Gasteiger partial charge in [-0.1, -0.05) is 28.1 Å². The van der Waals surface area contributed by atoms with Gasteiger partial charge < -0.3 is 4.42 Å². The molecule has 0 radical (unpaired) electrons. The van der Waals surface area contributed by atoms with E-state index in [2.05, 4.69) is 27.0 Å². The molecule has 4 aromatic rings. The molecule has 0 saturated carbocycles. The summed E-state index contributed by atoms with van der Waals surface area (Å²) < 4.78 is 7.57. The largest absolute Gasteiger partial charge is 0.421 e. The molecule has 4 rings (SSSR count). The molecule has 0 unspecified atom stereocenters. The molecule has 134 valence electrons. The Morgan fingerprint density at radius 3 is 2.52 bits per heavy atom. The summed E-state index contributed by atoms with van der Waals surface area (Å²) in [6, 6.07) is 14.7. The first-order valence-electron chi connectivity index (χ1n) is 8.21. The lowest BCUT2D eigenvalue weighted by molar-refractivity contribution is 0.568. The number of hydrogen-bond donors (Lipinski definition) is 1. The van der Waals surface area contributed by atoms with Gasteiger partial charge in [-0.25, -0.2) is 9.59 Å². The molecule has 2 aromatic carbocycles. The van der Waals surface area contributed by atoms with E-state index in [4.69, 9.17) is 4.42 Å². The van der Waals surface area contributed by atoms with E-state index >= 15 is 0 Å². The minimum atomic E-state index is -0.637. The van der Waals surface area contributed by atoms with Gasteiger partial charge in [0, 0.05) is 9.86 Å². The number of nitrogens with zero attached hydrogens (tertiary/aromatic N) is 2. The van der Waals surface area contributed by atoms with E-state index in [1.54, 1.807) is 30.3 Å². The molecule has 0 bridgehead atoms. The lowest BCUT2D eigenvalue weighted by Crippen LogP contribution is -2.16. The molecule has 2 heterocycles. The molecule has 2 aromatic heterocycles. The third-order valence-electron chi connectivity index (χ3n) is 4.63. The quantitative estimate of drug-likeness (QED) is 0.493. The van der Waals surface area contributed by atoms with Gasteiger partial charge in [-0.05, 0) is 49.7 Å². The number of benzene rings is 2. The van der Waals surface area contributed by atoms with Crippen molar-refractivity contribution in [3.63, 3.8) is 0 Å². The zero-order valence-electron chi connectivity index (χ0n) is 14.5. The second-order valence-electron chi connectivity index (χ2n) is 6.80. The molecular weight excluding hydrogens is 410 g/mol. The molecule has 6 nitrogen and oxygen atoms in total. The Morgan fingerprint density at radius 2 is 1.85 bits per heavy atom. The van der Waals surface area contributed by atoms with Crippen molar-refractivity contribution in [3.8, 4) is 11.8 Å². The molecule has 0 aliphatic rings. The van der Waals surface area contributed by atoms with Gasteiger partial charge in [0.25, 0.3) is 0 Å². The number of aromatic nitrogens is 2. The van der Waals surface area contributed by atoms with E-state index < -0.39 is 16.7 Å². The van der Waals surface area contributed by atoms with Gasteiger partial charge in [-0.3, -0.25) is 9.55 Å². The molecule has 0 fully saturated rings. The van der Waals surface area contributed by atoms with E-state index in [9.17, 15) is 14.9 Å². The van der Waals surface area contributed by atoms with Crippen LogP contribution in [0.4, 0.5) is 0 Å². The number of hydrogen-bond acceptors (Lipinski definition) is 4. The summed E-state index contributed by atoms with van der Waals surface area (Å²) in [5, 5.41) is 9.94. The molecule has 0 amide bonds. The molecule has 0 atom stereocenters. The van der Waals surface area contributed by atoms with Crippen LogP contribution in [-0.2, 0) is 5.41 Å². The molecule has 0 saturated heterocycles. The van der Waals surface area contributed by atoms with Crippen molar-refractivity contribution in [1.29, 1.82) is 5.26 Å². The van der Waals surface area contributed by atoms with Gasteiger partial charge in [-0.2, -0.15) is 5.26 Å². The van der Waals surface area contributed by atoms with Crippen molar-refractivity contribution in [2.24, 2.45) is 0 Å². The average molecular weight is 424 g/mol. The second kappa shape index (κ2) is 5.96. The number of imidazole rings is 1. The first kappa shape index (κ1) is 17.3. The van der Waals surface area contributed by atoms with Crippen LogP contribution in [0.5, 0.6) is 0 Å². The number of nitriles is 1. The summed E-state index contributed by atoms with van der Waals surface area (Å²) in [6.45, 7) is 3.66. The molecule has 7 heteroatoms. The van der Waals surface area contributed by atoms with Gasteiger partial charge in [0.05, 0.1) is 22.7 Å². The Labute approximate surface area is 161 Å². The molecule has 0 spiro atoms. The maximum Gasteiger partial charge on any atom is 0.362 e. The average Bonchev–Trinajstić information content (AvgIpc) is 3.00. The van der Waals surface area contributed by atoms with Gasteiger partial charge in [0.15, 0.2) is 5.52 Å². The lowest BCUT2D eigenvalue weighted by atomic mass is 9.86. The van der Waals surface area contributed by atoms with E-state index in [1.807, 2.05) is 26.0 Å². The third kappa shape index (κ3) is 2.69. The van der Waals surface area contributed by atoms with Gasteiger partial charge in [0.2, 0.25) is 0 Å². The van der Waals surface area contributed by atoms with Crippen LogP contribution >= 0.6 is 15.9 Å². The Morgan fingerprint density at radius 1 is 1.15 bits per heavy atom. The fraction of sp³-hybridized carbons (Fsp3) is 0.150. The second-order valence-corrected chi connectivity index (χ2v) is 7.72. The third-order valence-corrected chi connectivity index (χ3v) is 5.12. The summed E-state index contributed by atoms with van der Waals surface area (Å²) in [7, 11) is 0. The maximum absolute atomic E-state index is 12.6. The van der Waals surface area contributed by atoms with Crippen molar-refractivity contribution in [2.45, 2.75) is 19.3 Å². The van der Waals surface area contributed by atoms with Crippen LogP contribution in [0.2, 0.25) is 0 Å². The fourth-order valence-corrected chi connectivity index (χ4v) is 3.46. The Balaban J connectivity index is 2.05. The first-order chi connectivity index (χ1) is 12.8. The highest BCUT2D eigenvalue weighted by atomic mass is 79.9. The van der Waals surface area contributed by atoms with Crippen molar-refractivity contribution >= 4 is 37.9 Å². The molecular formula is C20H14BrN3O3. The topological polar surface area (TPSA) is 91.8 Å². The Hall–Kier alpha value is -3.11. The van der Waals surface area contributed by atoms with Crippen LogP contribution in [-0.4, -0.2) is 9.55 Å². The highest BCUT2D eigenvalue weighted by molar-refractivity contribution is 9.10. The maximum atomic E-state index is 12.6. The van der Waals surface area contributed by atoms with Crippen molar-refractivity contribution in [1.82, 2.24) is 9.55 Å². The molecule has 27 heavy (non-hydrogen) atoms. The summed E-state index contributed by atoms with van der Waals surface area (Å²) in [4.78, 5) is 27.5. The molecule has 1 N–H and O–H groups in total. The van der Waals surface area contributed by atoms with E-state index in [0.29, 0.717) is 22.2 Å². The summed E-state index contributed by atoms with van der Waals surface area (Å²) in [6.07, 6.45) is 0. The fourth-order valence-electron chi connectivity index (χ4n) is 3.10. The summed E-state index contributed by atoms with van der Waals surface area (Å²) >= 11 is 3.42. The monoisotopic (exact) mass is 423 g/mol. The molecule has 0 aliphatic heterocycles. The summed E-state index contributed by atoms with van der Waals surface area (Å²) in [5.41, 5.74) is 0.736. The van der Waals surface area contributed by atoms with Crippen molar-refractivity contribution in [3.05, 3.63) is 73.4 Å². The minimum absolute atomic E-state index is 0.118. The van der Waals surface area contributed by atoms with Crippen LogP contribution in [0.25, 0.3) is 27.7 Å². The number of halogens is 1. The smallest absolute Gasteiger partial charge is 0.362 e. The predicted octanol–water partition coefficient (Wildman–Crippen LogP) is 3.99. The van der Waals surface area contributed by atoms with Gasteiger partial charge in [-0.15, -0.1) is 0 Å². The zero-order valence-corrected chi connectivity index (χ0v) is 16.1. The zero-order chi connectivity index (χ0) is 19.3. The predicted molar refractivity (Wildman–Crippen MR) is 106 cm³/mol. The number of H-pyrrole nitrogens is 1. The summed E-state index contributed by atoms with van der Waals surface area (Å²) in [5.74, 6) is 0. The van der Waals surface area contributed by atoms with Crippen LogP contribution in [0.1, 0.15) is 19.4 Å². The van der Waals surface area contributed by atoms with E-state index in [1.165, 1.54) is 4.57 Å². The van der Waals surface area contributed by atoms with Crippen molar-refractivity contribution in [2.75, 3.05) is 0 Å². The minimum Gasteiger partial charge on any atom is -0.421 e. The SMILES string of the molecule is CC(C)(C#N)c1ccc(-n2c(=O)[nH]c3c(=O)oc4ccc(Br)cc4c32)cc1. The standard InChI is InChI=1S/C20H14BrN3O3/c1-20(2,10-22)11-3-6-13(7-4-11)24-17-14-9-12(21)5-8-15(14)27-18(25)16(17)23-19(24)26/h3-9H,1-2H3,(H,23,26). The normalized spacial score (nSPS) is 11.8. The highest BCUT2D eigenvalue weighted by Gasteiger charge is 2.21. The Bertz CT molecular complexity index is 1350. The highest BCUT2D eigenvalue weighted by Crippen LogP contribution is 2.28. The number of rotatable bonds is 2. The van der Waals surface area contributed by atoms with Crippen LogP contribution < -0.4 is 11.3 Å². The van der Waals surface area contributed by atoms with Crippen LogP contribution in [0, 0.1) is 11.3 Å². The van der Waals surface area contributed by atoms with E-state index in [0.717, 1.165) is 10.0 Å². The Kier molecular flexibility index (Phi) is 3.82. The van der Waals surface area contributed by atoms with Crippen LogP contribution in [0.3, 0.4) is 0 Å². The van der Waals surface area contributed by atoms with E-state index in [-0.39, 0.29) is 5.52 Å². The lowest BCUT2D eigenvalue weighted by Gasteiger charge is -2.16. The van der Waals surface area contributed by atoms with Crippen molar-refractivity contribution < 1.29 is 4.42 Å². The number of aromatic amines is 1. The molecule has 0 aliphatic carbocycles. The first-order valence-corrected chi connectivity index (χ1v) is 9.00. The van der Waals surface area contributed by atoms with Gasteiger partial charge >= 0.3 is 11.3 Å².